The van der Waals surface area contributed by atoms with Gasteiger partial charge < -0.3 is 27.9 Å². The first kappa shape index (κ1) is 48.2. The summed E-state index contributed by atoms with van der Waals surface area (Å²) in [5, 5.41) is 0. The second-order valence-corrected chi connectivity index (χ2v) is 16.4. The molecule has 0 aliphatic heterocycles. The van der Waals surface area contributed by atoms with Crippen LogP contribution in [0.1, 0.15) is 181 Å². The van der Waals surface area contributed by atoms with Gasteiger partial charge in [0, 0.05) is 13.0 Å². The Balaban J connectivity index is 4.26. The van der Waals surface area contributed by atoms with Gasteiger partial charge in [0.05, 0.1) is 34.4 Å². The maximum absolute atomic E-state index is 12.6. The van der Waals surface area contributed by atoms with Crippen LogP contribution in [0, 0.1) is 0 Å². The van der Waals surface area contributed by atoms with Gasteiger partial charge in [0.1, 0.15) is 19.3 Å². The number of rotatable bonds is 38. The number of esters is 1. The van der Waals surface area contributed by atoms with Crippen LogP contribution in [-0.2, 0) is 27.9 Å². The molecule has 0 aromatic carbocycles. The Hall–Kier alpha value is -0.760. The lowest BCUT2D eigenvalue weighted by molar-refractivity contribution is -0.870. The molecule has 0 saturated carbocycles. The average molecular weight is 718 g/mol. The van der Waals surface area contributed by atoms with Crippen molar-refractivity contribution >= 4 is 13.8 Å². The first-order chi connectivity index (χ1) is 23.6. The van der Waals surface area contributed by atoms with Gasteiger partial charge in [-0.25, -0.2) is 0 Å². The number of allylic oxidation sites excluding steroid dienone is 2. The summed E-state index contributed by atoms with van der Waals surface area (Å²) in [5.41, 5.74) is 0. The molecule has 292 valence electrons. The van der Waals surface area contributed by atoms with Crippen molar-refractivity contribution in [2.45, 2.75) is 187 Å². The van der Waals surface area contributed by atoms with E-state index in [4.69, 9.17) is 18.5 Å². The highest BCUT2D eigenvalue weighted by Crippen LogP contribution is 2.38. The molecule has 0 fully saturated rings. The molecule has 0 spiro atoms. The Morgan fingerprint density at radius 3 is 1.57 bits per heavy atom. The van der Waals surface area contributed by atoms with Crippen molar-refractivity contribution in [1.29, 1.82) is 0 Å². The van der Waals surface area contributed by atoms with Crippen LogP contribution < -0.4 is 4.89 Å². The van der Waals surface area contributed by atoms with Gasteiger partial charge in [0.15, 0.2) is 0 Å². The largest absolute Gasteiger partial charge is 0.756 e. The molecule has 0 saturated heterocycles. The minimum atomic E-state index is -4.51. The van der Waals surface area contributed by atoms with Gasteiger partial charge in [-0.2, -0.15) is 0 Å². The SMILES string of the molecule is CCCCCC/C=C\CCCCCCCCOCC(COP(=O)([O-])OCC[N+](C)(C)C)OC(=O)CCCCCCCCCCCCCCC. The second kappa shape index (κ2) is 34.3. The highest BCUT2D eigenvalue weighted by Gasteiger charge is 2.20. The van der Waals surface area contributed by atoms with Crippen LogP contribution >= 0.6 is 7.82 Å². The summed E-state index contributed by atoms with van der Waals surface area (Å²) in [4.78, 5) is 24.9. The zero-order chi connectivity index (χ0) is 36.3. The van der Waals surface area contributed by atoms with Crippen LogP contribution in [-0.4, -0.2) is 70.7 Å². The van der Waals surface area contributed by atoms with E-state index in [9.17, 15) is 14.3 Å². The van der Waals surface area contributed by atoms with Gasteiger partial charge in [-0.3, -0.25) is 9.36 Å². The van der Waals surface area contributed by atoms with Crippen molar-refractivity contribution in [2.75, 3.05) is 54.1 Å². The fraction of sp³-hybridized carbons (Fsp3) is 0.925. The smallest absolute Gasteiger partial charge is 0.306 e. The molecule has 0 rings (SSSR count). The van der Waals surface area contributed by atoms with Crippen LogP contribution in [0.3, 0.4) is 0 Å². The van der Waals surface area contributed by atoms with E-state index in [1.807, 2.05) is 21.1 Å². The number of quaternary nitrogens is 1. The number of carbonyl (C=O) groups is 1. The highest BCUT2D eigenvalue weighted by atomic mass is 31.2. The Morgan fingerprint density at radius 1 is 0.612 bits per heavy atom. The van der Waals surface area contributed by atoms with E-state index in [-0.39, 0.29) is 25.8 Å². The number of hydrogen-bond donors (Lipinski definition) is 0. The quantitative estimate of drug-likeness (QED) is 0.0206. The monoisotopic (exact) mass is 718 g/mol. The fourth-order valence-electron chi connectivity index (χ4n) is 5.60. The third-order valence-corrected chi connectivity index (χ3v) is 9.78. The van der Waals surface area contributed by atoms with Crippen LogP contribution in [0.25, 0.3) is 0 Å². The van der Waals surface area contributed by atoms with Crippen LogP contribution in [0.15, 0.2) is 12.2 Å². The van der Waals surface area contributed by atoms with Gasteiger partial charge in [-0.05, 0) is 38.5 Å². The van der Waals surface area contributed by atoms with Crippen molar-refractivity contribution in [3.05, 3.63) is 12.2 Å². The summed E-state index contributed by atoms with van der Waals surface area (Å²) in [5.74, 6) is -0.335. The molecule has 49 heavy (non-hydrogen) atoms. The Kier molecular flexibility index (Phi) is 33.8. The van der Waals surface area contributed by atoms with Gasteiger partial charge in [0.25, 0.3) is 7.82 Å². The minimum absolute atomic E-state index is 0.0279. The summed E-state index contributed by atoms with van der Waals surface area (Å²) >= 11 is 0. The van der Waals surface area contributed by atoms with Crippen LogP contribution in [0.5, 0.6) is 0 Å². The molecular formula is C40H80NO7P. The van der Waals surface area contributed by atoms with E-state index in [0.717, 1.165) is 32.1 Å². The number of nitrogens with zero attached hydrogens (tertiary/aromatic N) is 1. The Bertz CT molecular complexity index is 802. The molecule has 0 bridgehead atoms. The Labute approximate surface area is 303 Å². The molecule has 2 atom stereocenters. The zero-order valence-corrected chi connectivity index (χ0v) is 33.8. The Morgan fingerprint density at radius 2 is 1.06 bits per heavy atom. The molecule has 9 heteroatoms. The van der Waals surface area contributed by atoms with E-state index in [1.54, 1.807) is 0 Å². The summed E-state index contributed by atoms with van der Waals surface area (Å²) in [6.07, 6.45) is 34.9. The number of ether oxygens (including phenoxy) is 2. The van der Waals surface area contributed by atoms with Crippen LogP contribution in [0.4, 0.5) is 0 Å². The highest BCUT2D eigenvalue weighted by molar-refractivity contribution is 7.45. The van der Waals surface area contributed by atoms with Gasteiger partial charge in [0.2, 0.25) is 0 Å². The van der Waals surface area contributed by atoms with Gasteiger partial charge >= 0.3 is 5.97 Å². The molecule has 0 N–H and O–H groups in total. The van der Waals surface area contributed by atoms with Gasteiger partial charge in [-0.1, -0.05) is 148 Å². The number of unbranched alkanes of at least 4 members (excludes halogenated alkanes) is 22. The zero-order valence-electron chi connectivity index (χ0n) is 32.9. The number of phosphoric ester groups is 1. The average Bonchev–Trinajstić information content (AvgIpc) is 3.04. The predicted molar refractivity (Wildman–Crippen MR) is 204 cm³/mol. The fourth-order valence-corrected chi connectivity index (χ4v) is 6.33. The van der Waals surface area contributed by atoms with E-state index in [2.05, 4.69) is 26.0 Å². The summed E-state index contributed by atoms with van der Waals surface area (Å²) in [7, 11) is 1.36. The molecule has 0 amide bonds. The van der Waals surface area contributed by atoms with E-state index >= 15 is 0 Å². The summed E-state index contributed by atoms with van der Waals surface area (Å²) in [6.45, 7) is 5.40. The molecule has 0 aliphatic carbocycles. The maximum atomic E-state index is 12.6. The van der Waals surface area contributed by atoms with E-state index in [0.29, 0.717) is 24.1 Å². The minimum Gasteiger partial charge on any atom is -0.756 e. The lowest BCUT2D eigenvalue weighted by atomic mass is 10.0. The summed E-state index contributed by atoms with van der Waals surface area (Å²) in [6, 6.07) is 0. The molecular weight excluding hydrogens is 637 g/mol. The number of hydrogen-bond acceptors (Lipinski definition) is 7. The van der Waals surface area contributed by atoms with Crippen molar-refractivity contribution in [1.82, 2.24) is 0 Å². The molecule has 0 aromatic rings. The molecule has 0 aromatic heterocycles. The number of carbonyl (C=O) groups excluding carboxylic acids is 1. The van der Waals surface area contributed by atoms with Crippen molar-refractivity contribution in [3.8, 4) is 0 Å². The molecule has 0 aliphatic rings. The second-order valence-electron chi connectivity index (χ2n) is 15.0. The van der Waals surface area contributed by atoms with E-state index in [1.165, 1.54) is 128 Å². The first-order valence-electron chi connectivity index (χ1n) is 20.4. The molecule has 0 heterocycles. The van der Waals surface area contributed by atoms with Gasteiger partial charge in [-0.15, -0.1) is 0 Å². The third kappa shape index (κ3) is 38.3. The molecule has 0 radical (unpaired) electrons. The summed E-state index contributed by atoms with van der Waals surface area (Å²) < 4.78 is 34.5. The third-order valence-electron chi connectivity index (χ3n) is 8.82. The van der Waals surface area contributed by atoms with Crippen LogP contribution in [0.2, 0.25) is 0 Å². The number of phosphoric acid groups is 1. The van der Waals surface area contributed by atoms with Crippen molar-refractivity contribution < 1.29 is 37.3 Å². The first-order valence-corrected chi connectivity index (χ1v) is 21.9. The lowest BCUT2D eigenvalue weighted by Crippen LogP contribution is -2.37. The normalized spacial score (nSPS) is 14.0. The standard InChI is InChI=1S/C40H80NO7P/c1-6-8-10-12-14-16-18-20-22-24-26-28-30-32-35-45-37-39(38-47-49(43,44)46-36-34-41(3,4)5)48-40(42)33-31-29-27-25-23-21-19-17-15-13-11-9-7-2/h16,18,39H,6-15,17,19-38H2,1-5H3/b18-16-. The van der Waals surface area contributed by atoms with Crippen molar-refractivity contribution in [2.24, 2.45) is 0 Å². The molecule has 2 unspecified atom stereocenters. The van der Waals surface area contributed by atoms with Crippen molar-refractivity contribution in [3.63, 3.8) is 0 Å². The predicted octanol–water partition coefficient (Wildman–Crippen LogP) is 10.9. The lowest BCUT2D eigenvalue weighted by Gasteiger charge is -2.28. The topological polar surface area (TPSA) is 94.1 Å². The maximum Gasteiger partial charge on any atom is 0.306 e. The van der Waals surface area contributed by atoms with E-state index < -0.39 is 13.9 Å². The molecule has 8 nitrogen and oxygen atoms in total. The number of likely N-dealkylation sites (N-methyl/N-ethyl adjacent to an activating group) is 1.